The molecule has 9 heteroatoms. The maximum absolute atomic E-state index is 14.0. The second-order valence-electron chi connectivity index (χ2n) is 7.58. The van der Waals surface area contributed by atoms with Gasteiger partial charge in [0.25, 0.3) is 10.0 Å². The SMILES string of the molecule is Cc1ccc(S(=O)(=O)N=S(=O)(c2ccccc2)[C@H]2O[C@@H]2[C@H]2COC(C)(C)O2)cc1. The number of sulfonamides is 1. The Balaban J connectivity index is 1.74. The number of rotatable bonds is 5. The van der Waals surface area contributed by atoms with Crippen molar-refractivity contribution in [1.82, 2.24) is 0 Å². The summed E-state index contributed by atoms with van der Waals surface area (Å²) >= 11 is 0. The monoisotopic (exact) mass is 437 g/mol. The van der Waals surface area contributed by atoms with Gasteiger partial charge in [-0.3, -0.25) is 0 Å². The molecule has 7 nitrogen and oxygen atoms in total. The molecule has 0 saturated carbocycles. The van der Waals surface area contributed by atoms with Crippen LogP contribution in [0.2, 0.25) is 0 Å². The van der Waals surface area contributed by atoms with Gasteiger partial charge in [-0.1, -0.05) is 39.7 Å². The largest absolute Gasteiger partial charge is 0.351 e. The smallest absolute Gasteiger partial charge is 0.290 e. The Labute approximate surface area is 171 Å². The van der Waals surface area contributed by atoms with E-state index in [1.54, 1.807) is 56.3 Å². The Morgan fingerprint density at radius 3 is 2.21 bits per heavy atom. The molecule has 2 aliphatic heterocycles. The number of hydrogen-bond donors (Lipinski definition) is 0. The second-order valence-corrected chi connectivity index (χ2v) is 11.7. The van der Waals surface area contributed by atoms with Crippen LogP contribution in [-0.2, 0) is 34.0 Å². The summed E-state index contributed by atoms with van der Waals surface area (Å²) in [5.41, 5.74) is 0.0203. The van der Waals surface area contributed by atoms with Crippen LogP contribution in [-0.4, -0.2) is 42.7 Å². The molecule has 4 rings (SSSR count). The lowest BCUT2D eigenvalue weighted by molar-refractivity contribution is -0.140. The molecule has 2 aromatic rings. The average Bonchev–Trinajstić information content (AvgIpc) is 3.40. The van der Waals surface area contributed by atoms with Crippen molar-refractivity contribution < 1.29 is 26.8 Å². The molecule has 0 aromatic heterocycles. The van der Waals surface area contributed by atoms with Crippen LogP contribution in [0.1, 0.15) is 19.4 Å². The van der Waals surface area contributed by atoms with Gasteiger partial charge in [0.2, 0.25) is 0 Å². The zero-order valence-corrected chi connectivity index (χ0v) is 18.0. The van der Waals surface area contributed by atoms with Crippen LogP contribution in [0.3, 0.4) is 0 Å². The van der Waals surface area contributed by atoms with Gasteiger partial charge in [0.15, 0.2) is 11.2 Å². The van der Waals surface area contributed by atoms with E-state index in [2.05, 4.69) is 3.77 Å². The molecule has 2 fully saturated rings. The van der Waals surface area contributed by atoms with Crippen molar-refractivity contribution in [2.75, 3.05) is 6.61 Å². The van der Waals surface area contributed by atoms with E-state index in [9.17, 15) is 12.6 Å². The van der Waals surface area contributed by atoms with Gasteiger partial charge in [0, 0.05) is 0 Å². The van der Waals surface area contributed by atoms with Crippen molar-refractivity contribution in [3.8, 4) is 0 Å². The van der Waals surface area contributed by atoms with Crippen LogP contribution in [0.5, 0.6) is 0 Å². The third-order valence-corrected chi connectivity index (χ3v) is 9.30. The zero-order valence-electron chi connectivity index (χ0n) is 16.3. The van der Waals surface area contributed by atoms with Gasteiger partial charge < -0.3 is 14.2 Å². The predicted molar refractivity (Wildman–Crippen MR) is 107 cm³/mol. The van der Waals surface area contributed by atoms with E-state index in [1.807, 2.05) is 6.92 Å². The molecule has 0 spiro atoms. The predicted octanol–water partition coefficient (Wildman–Crippen LogP) is 3.09. The number of aryl methyl sites for hydroxylation is 1. The Bertz CT molecular complexity index is 1120. The molecule has 2 heterocycles. The molecule has 4 atom stereocenters. The summed E-state index contributed by atoms with van der Waals surface area (Å²) in [4.78, 5) is 0.298. The van der Waals surface area contributed by atoms with E-state index in [1.165, 1.54) is 12.1 Å². The van der Waals surface area contributed by atoms with Crippen molar-refractivity contribution >= 4 is 19.8 Å². The van der Waals surface area contributed by atoms with E-state index in [-0.39, 0.29) is 11.5 Å². The van der Waals surface area contributed by atoms with Gasteiger partial charge in [-0.05, 0) is 45.0 Å². The first-order chi connectivity index (χ1) is 13.6. The third kappa shape index (κ3) is 4.10. The van der Waals surface area contributed by atoms with Crippen molar-refractivity contribution in [3.05, 3.63) is 60.2 Å². The summed E-state index contributed by atoms with van der Waals surface area (Å²) in [7, 11) is -7.59. The van der Waals surface area contributed by atoms with Crippen molar-refractivity contribution in [3.63, 3.8) is 0 Å². The van der Waals surface area contributed by atoms with E-state index < -0.39 is 43.2 Å². The van der Waals surface area contributed by atoms with Gasteiger partial charge in [-0.25, -0.2) is 4.21 Å². The number of hydrogen-bond acceptors (Lipinski definition) is 6. The van der Waals surface area contributed by atoms with E-state index >= 15 is 0 Å². The fourth-order valence-corrected chi connectivity index (χ4v) is 7.55. The summed E-state index contributed by atoms with van der Waals surface area (Å²) in [5, 5.41) is 0. The standard InChI is InChI=1S/C20H23NO6S2/c1-14-9-11-16(12-10-14)29(23,24)21-28(22,15-7-5-4-6-8-15)19-18(26-19)17-13-25-20(2,3)27-17/h4-12,17-19H,13H2,1-3H3/t17-,18-,19-,28?/m1/s1. The third-order valence-electron chi connectivity index (χ3n) is 4.80. The first-order valence-electron chi connectivity index (χ1n) is 9.22. The molecule has 0 N–H and O–H groups in total. The molecule has 1 unspecified atom stereocenters. The Hall–Kier alpha value is -1.78. The topological polar surface area (TPSA) is 94.6 Å². The highest BCUT2D eigenvalue weighted by atomic mass is 32.3. The van der Waals surface area contributed by atoms with Crippen LogP contribution < -0.4 is 0 Å². The van der Waals surface area contributed by atoms with Crippen LogP contribution in [0.4, 0.5) is 0 Å². The minimum Gasteiger partial charge on any atom is -0.351 e. The lowest BCUT2D eigenvalue weighted by Gasteiger charge is -2.16. The summed E-state index contributed by atoms with van der Waals surface area (Å²) in [6.07, 6.45) is -0.988. The van der Waals surface area contributed by atoms with Gasteiger partial charge >= 0.3 is 0 Å². The first kappa shape index (κ1) is 20.5. The van der Waals surface area contributed by atoms with E-state index in [4.69, 9.17) is 14.2 Å². The number of ether oxygens (including phenoxy) is 3. The molecule has 29 heavy (non-hydrogen) atoms. The normalized spacial score (nSPS) is 27.9. The Morgan fingerprint density at radius 1 is 0.966 bits per heavy atom. The highest BCUT2D eigenvalue weighted by Crippen LogP contribution is 2.41. The zero-order chi connectivity index (χ0) is 20.9. The van der Waals surface area contributed by atoms with E-state index in [0.717, 1.165) is 5.56 Å². The molecular formula is C20H23NO6S2. The lowest BCUT2D eigenvalue weighted by Crippen LogP contribution is -2.27. The second kappa shape index (κ2) is 7.17. The Morgan fingerprint density at radius 2 is 1.62 bits per heavy atom. The number of benzene rings is 2. The molecule has 2 aliphatic rings. The number of nitrogens with zero attached hydrogens (tertiary/aromatic N) is 1. The lowest BCUT2D eigenvalue weighted by atomic mass is 10.2. The van der Waals surface area contributed by atoms with Gasteiger partial charge in [-0.15, -0.1) is 0 Å². The summed E-state index contributed by atoms with van der Waals surface area (Å²) < 4.78 is 60.8. The Kier molecular flexibility index (Phi) is 5.07. The molecule has 2 aromatic carbocycles. The van der Waals surface area contributed by atoms with Crippen LogP contribution in [0.25, 0.3) is 0 Å². The summed E-state index contributed by atoms with van der Waals surface area (Å²) in [6, 6.07) is 14.6. The number of epoxide rings is 1. The minimum absolute atomic E-state index is 0.00876. The van der Waals surface area contributed by atoms with Crippen molar-refractivity contribution in [2.45, 2.75) is 54.0 Å². The minimum atomic E-state index is -4.16. The quantitative estimate of drug-likeness (QED) is 0.667. The molecule has 0 radical (unpaired) electrons. The molecule has 156 valence electrons. The van der Waals surface area contributed by atoms with E-state index in [0.29, 0.717) is 4.90 Å². The molecule has 0 amide bonds. The van der Waals surface area contributed by atoms with Crippen LogP contribution in [0, 0.1) is 6.92 Å². The van der Waals surface area contributed by atoms with Crippen LogP contribution in [0.15, 0.2) is 68.2 Å². The maximum Gasteiger partial charge on any atom is 0.290 e. The highest BCUT2D eigenvalue weighted by Gasteiger charge is 2.56. The van der Waals surface area contributed by atoms with Crippen molar-refractivity contribution in [2.24, 2.45) is 3.77 Å². The van der Waals surface area contributed by atoms with Crippen molar-refractivity contribution in [1.29, 1.82) is 0 Å². The van der Waals surface area contributed by atoms with Gasteiger partial charge in [0.05, 0.1) is 16.4 Å². The molecule has 0 aliphatic carbocycles. The maximum atomic E-state index is 14.0. The molecule has 0 bridgehead atoms. The molecule has 2 saturated heterocycles. The first-order valence-corrected chi connectivity index (χ1v) is 12.2. The fraction of sp³-hybridized carbons (Fsp3) is 0.400. The summed E-state index contributed by atoms with van der Waals surface area (Å²) in [6.45, 7) is 5.70. The van der Waals surface area contributed by atoms with Gasteiger partial charge in [-0.2, -0.15) is 8.42 Å². The van der Waals surface area contributed by atoms with Crippen LogP contribution >= 0.6 is 0 Å². The fourth-order valence-electron chi connectivity index (χ4n) is 3.24. The average molecular weight is 438 g/mol. The molecular weight excluding hydrogens is 414 g/mol. The summed E-state index contributed by atoms with van der Waals surface area (Å²) in [5.74, 6) is -0.764. The highest BCUT2D eigenvalue weighted by molar-refractivity contribution is 8.03. The van der Waals surface area contributed by atoms with Gasteiger partial charge in [0.1, 0.15) is 21.9 Å².